The standard InChI is InChI=1S/C26H20BrF2N5O2/c27-19-2-1-3-22(14-19)33-13-12-32(15-24(33)36)23(35)16-34-26(18-6-10-21(29)11-7-18)30-25(31-34)17-4-8-20(28)9-5-17/h1-11,14H,12-13,15-16H2. The fourth-order valence-electron chi connectivity index (χ4n) is 4.02. The molecule has 0 radical (unpaired) electrons. The normalized spacial score (nSPS) is 13.8. The fraction of sp³-hybridized carbons (Fsp3) is 0.154. The van der Waals surface area contributed by atoms with E-state index in [1.54, 1.807) is 29.2 Å². The lowest BCUT2D eigenvalue weighted by atomic mass is 10.2. The first-order valence-corrected chi connectivity index (χ1v) is 12.0. The van der Waals surface area contributed by atoms with Crippen LogP contribution in [0.25, 0.3) is 22.8 Å². The average Bonchev–Trinajstić information content (AvgIpc) is 3.28. The molecular weight excluding hydrogens is 532 g/mol. The zero-order chi connectivity index (χ0) is 25.2. The highest BCUT2D eigenvalue weighted by Gasteiger charge is 2.29. The molecule has 10 heteroatoms. The van der Waals surface area contributed by atoms with Crippen LogP contribution < -0.4 is 4.90 Å². The summed E-state index contributed by atoms with van der Waals surface area (Å²) in [5.74, 6) is -0.604. The average molecular weight is 552 g/mol. The monoisotopic (exact) mass is 551 g/mol. The van der Waals surface area contributed by atoms with Crippen LogP contribution in [-0.2, 0) is 16.1 Å². The van der Waals surface area contributed by atoms with E-state index in [1.165, 1.54) is 33.8 Å². The molecule has 36 heavy (non-hydrogen) atoms. The van der Waals surface area contributed by atoms with Crippen molar-refractivity contribution in [1.29, 1.82) is 0 Å². The zero-order valence-corrected chi connectivity index (χ0v) is 20.5. The summed E-state index contributed by atoms with van der Waals surface area (Å²) in [6.45, 7) is 0.508. The molecule has 182 valence electrons. The van der Waals surface area contributed by atoms with Crippen LogP contribution in [0, 0.1) is 11.6 Å². The zero-order valence-electron chi connectivity index (χ0n) is 18.9. The number of amides is 2. The van der Waals surface area contributed by atoms with Gasteiger partial charge in [-0.05, 0) is 66.7 Å². The Balaban J connectivity index is 1.38. The first-order chi connectivity index (χ1) is 17.4. The predicted octanol–water partition coefficient (Wildman–Crippen LogP) is 4.53. The molecule has 0 saturated carbocycles. The lowest BCUT2D eigenvalue weighted by molar-refractivity contribution is -0.137. The number of hydrogen-bond donors (Lipinski definition) is 0. The van der Waals surface area contributed by atoms with E-state index in [9.17, 15) is 18.4 Å². The van der Waals surface area contributed by atoms with Crippen molar-refractivity contribution < 1.29 is 18.4 Å². The lowest BCUT2D eigenvalue weighted by Crippen LogP contribution is -2.53. The molecule has 0 N–H and O–H groups in total. The van der Waals surface area contributed by atoms with E-state index in [2.05, 4.69) is 26.0 Å². The summed E-state index contributed by atoms with van der Waals surface area (Å²) in [6.07, 6.45) is 0. The summed E-state index contributed by atoms with van der Waals surface area (Å²) in [5, 5.41) is 4.48. The molecule has 5 rings (SSSR count). The summed E-state index contributed by atoms with van der Waals surface area (Å²) in [4.78, 5) is 33.7. The molecule has 0 unspecified atom stereocenters. The van der Waals surface area contributed by atoms with Gasteiger partial charge >= 0.3 is 0 Å². The van der Waals surface area contributed by atoms with Crippen molar-refractivity contribution in [3.05, 3.63) is 88.9 Å². The summed E-state index contributed by atoms with van der Waals surface area (Å²) in [5.41, 5.74) is 1.91. The molecule has 1 aliphatic rings. The second-order valence-corrected chi connectivity index (χ2v) is 9.19. The third-order valence-corrected chi connectivity index (χ3v) is 6.35. The van der Waals surface area contributed by atoms with Crippen LogP contribution in [0.5, 0.6) is 0 Å². The molecule has 1 aromatic heterocycles. The minimum absolute atomic E-state index is 0.0588. The highest BCUT2D eigenvalue weighted by Crippen LogP contribution is 2.25. The van der Waals surface area contributed by atoms with Gasteiger partial charge in [0.15, 0.2) is 11.6 Å². The van der Waals surface area contributed by atoms with Crippen LogP contribution in [0.4, 0.5) is 14.5 Å². The van der Waals surface area contributed by atoms with Crippen LogP contribution in [-0.4, -0.2) is 51.1 Å². The molecule has 2 heterocycles. The summed E-state index contributed by atoms with van der Waals surface area (Å²) >= 11 is 3.42. The van der Waals surface area contributed by atoms with Crippen LogP contribution >= 0.6 is 15.9 Å². The summed E-state index contributed by atoms with van der Waals surface area (Å²) in [6, 6.07) is 18.8. The SMILES string of the molecule is O=C(Cn1nc(-c2ccc(F)cc2)nc1-c1ccc(F)cc1)N1CCN(c2cccc(Br)c2)C(=O)C1. The summed E-state index contributed by atoms with van der Waals surface area (Å²) < 4.78 is 29.2. The number of anilines is 1. The van der Waals surface area contributed by atoms with E-state index < -0.39 is 11.6 Å². The molecule has 1 aliphatic heterocycles. The van der Waals surface area contributed by atoms with E-state index in [1.807, 2.05) is 24.3 Å². The molecule has 0 bridgehead atoms. The molecule has 4 aromatic rings. The second kappa shape index (κ2) is 9.98. The number of benzene rings is 3. The minimum Gasteiger partial charge on any atom is -0.330 e. The van der Waals surface area contributed by atoms with Gasteiger partial charge in [-0.3, -0.25) is 9.59 Å². The van der Waals surface area contributed by atoms with Crippen LogP contribution in [0.1, 0.15) is 0 Å². The Morgan fingerprint density at radius 1 is 0.917 bits per heavy atom. The maximum atomic E-state index is 13.5. The molecule has 0 atom stereocenters. The van der Waals surface area contributed by atoms with Crippen molar-refractivity contribution >= 4 is 33.4 Å². The topological polar surface area (TPSA) is 71.3 Å². The Kier molecular flexibility index (Phi) is 6.60. The number of carbonyl (C=O) groups excluding carboxylic acids is 2. The Labute approximate surface area is 214 Å². The van der Waals surface area contributed by atoms with Crippen LogP contribution in [0.3, 0.4) is 0 Å². The van der Waals surface area contributed by atoms with E-state index in [0.29, 0.717) is 35.9 Å². The third kappa shape index (κ3) is 5.03. The van der Waals surface area contributed by atoms with Gasteiger partial charge in [0, 0.05) is 34.4 Å². The molecule has 1 saturated heterocycles. The highest BCUT2D eigenvalue weighted by atomic mass is 79.9. The van der Waals surface area contributed by atoms with Gasteiger partial charge in [-0.15, -0.1) is 5.10 Å². The molecule has 0 aliphatic carbocycles. The number of halogens is 3. The minimum atomic E-state index is -0.401. The molecule has 7 nitrogen and oxygen atoms in total. The molecular formula is C26H20BrF2N5O2. The van der Waals surface area contributed by atoms with Crippen LogP contribution in [0.15, 0.2) is 77.3 Å². The third-order valence-electron chi connectivity index (χ3n) is 5.85. The second-order valence-electron chi connectivity index (χ2n) is 8.27. The van der Waals surface area contributed by atoms with Crippen molar-refractivity contribution in [2.75, 3.05) is 24.5 Å². The van der Waals surface area contributed by atoms with Gasteiger partial charge in [0.2, 0.25) is 11.8 Å². The maximum Gasteiger partial charge on any atom is 0.246 e. The van der Waals surface area contributed by atoms with Gasteiger partial charge < -0.3 is 9.80 Å². The van der Waals surface area contributed by atoms with Gasteiger partial charge in [-0.2, -0.15) is 0 Å². The Hall–Kier alpha value is -3.92. The number of carbonyl (C=O) groups is 2. The molecule has 2 amide bonds. The van der Waals surface area contributed by atoms with Crippen LogP contribution in [0.2, 0.25) is 0 Å². The van der Waals surface area contributed by atoms with Gasteiger partial charge in [0.25, 0.3) is 0 Å². The number of nitrogens with zero attached hydrogens (tertiary/aromatic N) is 5. The Morgan fingerprint density at radius 3 is 2.22 bits per heavy atom. The number of rotatable bonds is 5. The Bertz CT molecular complexity index is 1420. The number of hydrogen-bond acceptors (Lipinski definition) is 4. The maximum absolute atomic E-state index is 13.5. The van der Waals surface area contributed by atoms with Crippen molar-refractivity contribution in [3.8, 4) is 22.8 Å². The molecule has 1 fully saturated rings. The largest absolute Gasteiger partial charge is 0.330 e. The van der Waals surface area contributed by atoms with Crippen molar-refractivity contribution in [1.82, 2.24) is 19.7 Å². The van der Waals surface area contributed by atoms with Crippen molar-refractivity contribution in [3.63, 3.8) is 0 Å². The number of aromatic nitrogens is 3. The summed E-state index contributed by atoms with van der Waals surface area (Å²) in [7, 11) is 0. The van der Waals surface area contributed by atoms with E-state index in [0.717, 1.165) is 10.2 Å². The predicted molar refractivity (Wildman–Crippen MR) is 134 cm³/mol. The smallest absolute Gasteiger partial charge is 0.246 e. The lowest BCUT2D eigenvalue weighted by Gasteiger charge is -2.34. The first-order valence-electron chi connectivity index (χ1n) is 11.2. The van der Waals surface area contributed by atoms with Crippen molar-refractivity contribution in [2.24, 2.45) is 0 Å². The quantitative estimate of drug-likeness (QED) is 0.365. The fourth-order valence-corrected chi connectivity index (χ4v) is 4.40. The van der Waals surface area contributed by atoms with Gasteiger partial charge in [0.1, 0.15) is 24.7 Å². The van der Waals surface area contributed by atoms with Gasteiger partial charge in [0.05, 0.1) is 0 Å². The van der Waals surface area contributed by atoms with Gasteiger partial charge in [-0.1, -0.05) is 22.0 Å². The number of piperazine rings is 1. The first kappa shape index (κ1) is 23.8. The van der Waals surface area contributed by atoms with Gasteiger partial charge in [-0.25, -0.2) is 18.4 Å². The molecule has 0 spiro atoms. The Morgan fingerprint density at radius 2 is 1.58 bits per heavy atom. The van der Waals surface area contributed by atoms with E-state index in [-0.39, 0.29) is 24.9 Å². The van der Waals surface area contributed by atoms with E-state index >= 15 is 0 Å². The van der Waals surface area contributed by atoms with Crippen molar-refractivity contribution in [2.45, 2.75) is 6.54 Å². The molecule has 3 aromatic carbocycles. The van der Waals surface area contributed by atoms with E-state index in [4.69, 9.17) is 0 Å². The highest BCUT2D eigenvalue weighted by molar-refractivity contribution is 9.10.